The Balaban J connectivity index is 1.32. The van der Waals surface area contributed by atoms with E-state index >= 15 is 0 Å². The predicted octanol–water partition coefficient (Wildman–Crippen LogP) is 1.09. The zero-order valence-electron chi connectivity index (χ0n) is 19.0. The SMILES string of the molecule is COC(=O)C1=C(CN2CCN3C(=O)N(c4ncc(C(=O)O)s4)C[C@@H]3C2)NC(c2nccs2)=N[C@H]1C. The summed E-state index contributed by atoms with van der Waals surface area (Å²) in [5.41, 5.74) is 1.19. The second kappa shape index (κ2) is 9.36. The monoisotopic (exact) mass is 517 g/mol. The van der Waals surface area contributed by atoms with Gasteiger partial charge in [-0.2, -0.15) is 0 Å². The van der Waals surface area contributed by atoms with E-state index in [1.54, 1.807) is 16.0 Å². The van der Waals surface area contributed by atoms with Gasteiger partial charge in [-0.1, -0.05) is 11.3 Å². The highest BCUT2D eigenvalue weighted by molar-refractivity contribution is 7.17. The number of rotatable bonds is 6. The van der Waals surface area contributed by atoms with Crippen LogP contribution < -0.4 is 10.2 Å². The minimum absolute atomic E-state index is 0.0799. The van der Waals surface area contributed by atoms with Crippen LogP contribution in [0.5, 0.6) is 0 Å². The summed E-state index contributed by atoms with van der Waals surface area (Å²) in [4.78, 5) is 55.4. The maximum absolute atomic E-state index is 13.0. The van der Waals surface area contributed by atoms with Crippen LogP contribution in [0.3, 0.4) is 0 Å². The zero-order valence-corrected chi connectivity index (χ0v) is 20.6. The Morgan fingerprint density at radius 1 is 1.29 bits per heavy atom. The second-order valence-electron chi connectivity index (χ2n) is 8.29. The Hall–Kier alpha value is -3.36. The molecule has 0 unspecified atom stereocenters. The molecule has 3 aliphatic rings. The summed E-state index contributed by atoms with van der Waals surface area (Å²) in [6, 6.07) is -0.641. The topological polar surface area (TPSA) is 141 Å². The van der Waals surface area contributed by atoms with E-state index in [0.29, 0.717) is 55.0 Å². The Kier molecular flexibility index (Phi) is 6.25. The smallest absolute Gasteiger partial charge is 0.347 e. The molecule has 0 spiro atoms. The highest BCUT2D eigenvalue weighted by Gasteiger charge is 2.43. The zero-order chi connectivity index (χ0) is 24.7. The third-order valence-electron chi connectivity index (χ3n) is 6.13. The lowest BCUT2D eigenvalue weighted by molar-refractivity contribution is -0.136. The van der Waals surface area contributed by atoms with Gasteiger partial charge in [0.05, 0.1) is 37.5 Å². The number of carbonyl (C=O) groups excluding carboxylic acids is 2. The number of carboxylic acids is 1. The van der Waals surface area contributed by atoms with Gasteiger partial charge < -0.3 is 20.1 Å². The van der Waals surface area contributed by atoms with Gasteiger partial charge in [0.15, 0.2) is 16.0 Å². The first-order chi connectivity index (χ1) is 16.9. The number of aromatic nitrogens is 2. The van der Waals surface area contributed by atoms with E-state index in [9.17, 15) is 19.5 Å². The number of hydrogen-bond donors (Lipinski definition) is 2. The summed E-state index contributed by atoms with van der Waals surface area (Å²) in [5.74, 6) is -0.872. The van der Waals surface area contributed by atoms with Crippen molar-refractivity contribution in [3.63, 3.8) is 0 Å². The average molecular weight is 518 g/mol. The minimum atomic E-state index is -1.06. The van der Waals surface area contributed by atoms with Crippen LogP contribution in [0.2, 0.25) is 0 Å². The number of hydrogen-bond acceptors (Lipinski definition) is 11. The van der Waals surface area contributed by atoms with Gasteiger partial charge in [0, 0.05) is 43.5 Å². The Labute approximate surface area is 208 Å². The van der Waals surface area contributed by atoms with Crippen molar-refractivity contribution in [1.29, 1.82) is 0 Å². The van der Waals surface area contributed by atoms with E-state index in [1.807, 2.05) is 12.3 Å². The van der Waals surface area contributed by atoms with Crippen LogP contribution in [0, 0.1) is 0 Å². The number of carbonyl (C=O) groups is 3. The number of aromatic carboxylic acids is 1. The molecule has 2 N–H and O–H groups in total. The first-order valence-electron chi connectivity index (χ1n) is 10.9. The predicted molar refractivity (Wildman–Crippen MR) is 129 cm³/mol. The van der Waals surface area contributed by atoms with E-state index in [2.05, 4.69) is 25.2 Å². The van der Waals surface area contributed by atoms with Gasteiger partial charge in [0.1, 0.15) is 4.88 Å². The molecule has 2 aromatic heterocycles. The summed E-state index contributed by atoms with van der Waals surface area (Å²) in [5, 5.41) is 15.5. The van der Waals surface area contributed by atoms with Crippen LogP contribution in [0.25, 0.3) is 0 Å². The van der Waals surface area contributed by atoms with E-state index in [4.69, 9.17) is 4.74 Å². The van der Waals surface area contributed by atoms with Crippen molar-refractivity contribution in [2.24, 2.45) is 4.99 Å². The third kappa shape index (κ3) is 4.39. The number of fused-ring (bicyclic) bond motifs is 1. The van der Waals surface area contributed by atoms with Gasteiger partial charge in [-0.25, -0.2) is 24.4 Å². The maximum Gasteiger partial charge on any atom is 0.347 e. The van der Waals surface area contributed by atoms with Crippen molar-refractivity contribution in [3.05, 3.63) is 38.9 Å². The molecule has 2 fully saturated rings. The Morgan fingerprint density at radius 2 is 2.11 bits per heavy atom. The number of nitrogens with zero attached hydrogens (tertiary/aromatic N) is 6. The van der Waals surface area contributed by atoms with Gasteiger partial charge in [0.2, 0.25) is 0 Å². The van der Waals surface area contributed by atoms with E-state index in [0.717, 1.165) is 16.3 Å². The molecule has 0 radical (unpaired) electrons. The number of ether oxygens (including phenoxy) is 1. The second-order valence-corrected chi connectivity index (χ2v) is 10.2. The molecule has 2 atom stereocenters. The van der Waals surface area contributed by atoms with Crippen molar-refractivity contribution >= 4 is 51.6 Å². The van der Waals surface area contributed by atoms with E-state index in [1.165, 1.54) is 24.6 Å². The fourth-order valence-corrected chi connectivity index (χ4v) is 5.86. The molecule has 2 amide bonds. The van der Waals surface area contributed by atoms with Crippen LogP contribution in [0.1, 0.15) is 21.6 Å². The van der Waals surface area contributed by atoms with Crippen molar-refractivity contribution in [3.8, 4) is 0 Å². The van der Waals surface area contributed by atoms with Crippen LogP contribution in [0.4, 0.5) is 9.93 Å². The molecule has 184 valence electrons. The van der Waals surface area contributed by atoms with Crippen molar-refractivity contribution in [1.82, 2.24) is 25.1 Å². The molecule has 35 heavy (non-hydrogen) atoms. The number of esters is 1. The van der Waals surface area contributed by atoms with Crippen molar-refractivity contribution < 1.29 is 24.2 Å². The number of urea groups is 1. The van der Waals surface area contributed by atoms with Crippen molar-refractivity contribution in [2.75, 3.05) is 44.7 Å². The number of amidine groups is 1. The molecule has 12 nitrogen and oxygen atoms in total. The lowest BCUT2D eigenvalue weighted by Crippen LogP contribution is -2.53. The quantitative estimate of drug-likeness (QED) is 0.539. The molecule has 0 bridgehead atoms. The number of methoxy groups -OCH3 is 1. The maximum atomic E-state index is 13.0. The third-order valence-corrected chi connectivity index (χ3v) is 7.92. The molecular weight excluding hydrogens is 494 g/mol. The summed E-state index contributed by atoms with van der Waals surface area (Å²) >= 11 is 2.45. The molecule has 0 saturated carbocycles. The standard InChI is InChI=1S/C21H23N7O5S2/c1-11-15(19(31)33-2)13(25-16(24-11)17-22-3-6-34-17)10-26-4-5-27-12(8-26)9-28(21(27)32)20-23-7-14(35-20)18(29)30/h3,6-7,11-12H,4-5,8-10H2,1-2H3,(H,24,25)(H,29,30)/t11-,12-/m0/s1. The Bertz CT molecular complexity index is 1220. The molecule has 0 aromatic carbocycles. The summed E-state index contributed by atoms with van der Waals surface area (Å²) in [7, 11) is 1.35. The lowest BCUT2D eigenvalue weighted by Gasteiger charge is -2.37. The summed E-state index contributed by atoms with van der Waals surface area (Å²) in [6.45, 7) is 4.45. The number of anilines is 1. The molecule has 2 saturated heterocycles. The largest absolute Gasteiger partial charge is 0.477 e. The number of thiazole rings is 2. The number of amides is 2. The fraction of sp³-hybridized carbons (Fsp3) is 0.429. The number of piperazine rings is 1. The van der Waals surface area contributed by atoms with Crippen LogP contribution in [-0.4, -0.2) is 101 Å². The van der Waals surface area contributed by atoms with E-state index in [-0.39, 0.29) is 17.0 Å². The Morgan fingerprint density at radius 3 is 2.80 bits per heavy atom. The normalized spacial score (nSPS) is 22.7. The lowest BCUT2D eigenvalue weighted by atomic mass is 10.0. The average Bonchev–Trinajstić information content (AvgIpc) is 3.59. The van der Waals surface area contributed by atoms with Crippen LogP contribution in [0.15, 0.2) is 34.0 Å². The first kappa shape index (κ1) is 23.4. The summed E-state index contributed by atoms with van der Waals surface area (Å²) < 4.78 is 5.03. The molecule has 2 aromatic rings. The molecule has 5 rings (SSSR count). The van der Waals surface area contributed by atoms with Gasteiger partial charge in [-0.3, -0.25) is 14.8 Å². The highest BCUT2D eigenvalue weighted by Crippen LogP contribution is 2.30. The fourth-order valence-electron chi connectivity index (χ4n) is 4.52. The molecule has 3 aliphatic heterocycles. The van der Waals surface area contributed by atoms with E-state index < -0.39 is 18.0 Å². The molecule has 0 aliphatic carbocycles. The highest BCUT2D eigenvalue weighted by atomic mass is 32.1. The number of aliphatic imine (C=N–C) groups is 1. The van der Waals surface area contributed by atoms with Gasteiger partial charge >= 0.3 is 18.0 Å². The minimum Gasteiger partial charge on any atom is -0.477 e. The number of carboxylic acid groups (broad SMARTS) is 1. The van der Waals surface area contributed by atoms with Gasteiger partial charge in [-0.05, 0) is 6.92 Å². The molecular formula is C21H23N7O5S2. The van der Waals surface area contributed by atoms with Crippen molar-refractivity contribution in [2.45, 2.75) is 19.0 Å². The van der Waals surface area contributed by atoms with Gasteiger partial charge in [0.25, 0.3) is 0 Å². The van der Waals surface area contributed by atoms with Gasteiger partial charge in [-0.15, -0.1) is 11.3 Å². The summed E-state index contributed by atoms with van der Waals surface area (Å²) in [6.07, 6.45) is 2.98. The number of nitrogens with one attached hydrogen (secondary N) is 1. The molecule has 5 heterocycles. The van der Waals surface area contributed by atoms with Crippen LogP contribution >= 0.6 is 22.7 Å². The molecule has 14 heteroatoms. The first-order valence-corrected chi connectivity index (χ1v) is 12.6. The van der Waals surface area contributed by atoms with Crippen LogP contribution in [-0.2, 0) is 9.53 Å².